The van der Waals surface area contributed by atoms with Gasteiger partial charge in [0, 0.05) is 24.2 Å². The molecule has 1 aromatic carbocycles. The van der Waals surface area contributed by atoms with Crippen molar-refractivity contribution in [3.05, 3.63) is 59.7 Å². The first-order valence-corrected chi connectivity index (χ1v) is 8.37. The molecule has 0 aliphatic rings. The molecular weight excluding hydrogens is 351 g/mol. The minimum Gasteiger partial charge on any atom is -0.504 e. The van der Waals surface area contributed by atoms with Crippen LogP contribution in [0, 0.1) is 5.82 Å². The summed E-state index contributed by atoms with van der Waals surface area (Å²) < 4.78 is 13.0. The van der Waals surface area contributed by atoms with Gasteiger partial charge in [0.1, 0.15) is 17.2 Å². The summed E-state index contributed by atoms with van der Waals surface area (Å²) in [6.07, 6.45) is 1.50. The molecule has 0 saturated carbocycles. The van der Waals surface area contributed by atoms with E-state index >= 15 is 0 Å². The van der Waals surface area contributed by atoms with Gasteiger partial charge in [-0.2, -0.15) is 0 Å². The van der Waals surface area contributed by atoms with Gasteiger partial charge >= 0.3 is 0 Å². The number of fused-ring (bicyclic) bond motifs is 1. The molecule has 8 heteroatoms. The number of hydrogen-bond donors (Lipinski definition) is 4. The monoisotopic (exact) mass is 370 g/mol. The van der Waals surface area contributed by atoms with Crippen LogP contribution in [0.2, 0.25) is 0 Å². The maximum absolute atomic E-state index is 13.0. The standard InChI is InChI=1S/C19H19FN4O3/c1-11(10-25)23-18-14-3-2-8-21-15(14)17(26)16(24-18)19(27)22-9-12-4-6-13(20)7-5-12/h2-8,11,25-26H,9-10H2,1H3,(H,22,27)(H,23,24)/t11-/m1/s1. The van der Waals surface area contributed by atoms with Gasteiger partial charge in [0.25, 0.3) is 5.91 Å². The Labute approximate surface area is 154 Å². The number of carbonyl (C=O) groups is 1. The van der Waals surface area contributed by atoms with Gasteiger partial charge in [-0.25, -0.2) is 9.37 Å². The number of aromatic nitrogens is 2. The second kappa shape index (κ2) is 7.96. The van der Waals surface area contributed by atoms with E-state index in [9.17, 15) is 19.4 Å². The molecule has 0 aliphatic carbocycles. The molecule has 2 heterocycles. The normalized spacial score (nSPS) is 12.0. The third-order valence-electron chi connectivity index (χ3n) is 3.97. The second-order valence-electron chi connectivity index (χ2n) is 6.09. The molecule has 1 atom stereocenters. The summed E-state index contributed by atoms with van der Waals surface area (Å²) in [4.78, 5) is 20.9. The highest BCUT2D eigenvalue weighted by atomic mass is 19.1. The molecule has 2 aromatic heterocycles. The van der Waals surface area contributed by atoms with E-state index in [1.807, 2.05) is 0 Å². The van der Waals surface area contributed by atoms with Crippen LogP contribution in [0.25, 0.3) is 10.9 Å². The van der Waals surface area contributed by atoms with E-state index in [0.29, 0.717) is 16.8 Å². The van der Waals surface area contributed by atoms with Crippen LogP contribution in [0.3, 0.4) is 0 Å². The summed E-state index contributed by atoms with van der Waals surface area (Å²) in [5.74, 6) is -0.948. The van der Waals surface area contributed by atoms with Crippen molar-refractivity contribution < 1.29 is 19.4 Å². The molecule has 0 radical (unpaired) electrons. The first-order chi connectivity index (χ1) is 13.0. The first kappa shape index (κ1) is 18.5. The maximum Gasteiger partial charge on any atom is 0.274 e. The molecule has 140 valence electrons. The lowest BCUT2D eigenvalue weighted by molar-refractivity contribution is 0.0943. The van der Waals surface area contributed by atoms with Gasteiger partial charge in [0.15, 0.2) is 11.4 Å². The van der Waals surface area contributed by atoms with Crippen LogP contribution in [0.4, 0.5) is 10.2 Å². The largest absolute Gasteiger partial charge is 0.504 e. The van der Waals surface area contributed by atoms with Crippen molar-refractivity contribution in [3.8, 4) is 5.75 Å². The molecule has 3 aromatic rings. The number of anilines is 1. The van der Waals surface area contributed by atoms with E-state index in [2.05, 4.69) is 20.6 Å². The molecule has 0 fully saturated rings. The second-order valence-corrected chi connectivity index (χ2v) is 6.09. The predicted molar refractivity (Wildman–Crippen MR) is 98.9 cm³/mol. The van der Waals surface area contributed by atoms with Crippen molar-refractivity contribution >= 4 is 22.6 Å². The van der Waals surface area contributed by atoms with Crippen LogP contribution in [0.15, 0.2) is 42.6 Å². The van der Waals surface area contributed by atoms with Crippen molar-refractivity contribution in [1.82, 2.24) is 15.3 Å². The quantitative estimate of drug-likeness (QED) is 0.530. The minimum atomic E-state index is -0.593. The number of hydrogen-bond acceptors (Lipinski definition) is 6. The number of aliphatic hydroxyl groups is 1. The zero-order valence-electron chi connectivity index (χ0n) is 14.6. The Morgan fingerprint density at radius 1 is 1.26 bits per heavy atom. The molecule has 0 unspecified atom stereocenters. The van der Waals surface area contributed by atoms with Crippen molar-refractivity contribution in [1.29, 1.82) is 0 Å². The third kappa shape index (κ3) is 4.12. The van der Waals surface area contributed by atoms with E-state index in [1.165, 1.54) is 18.3 Å². The number of benzene rings is 1. The number of aromatic hydroxyl groups is 1. The van der Waals surface area contributed by atoms with Gasteiger partial charge < -0.3 is 20.8 Å². The zero-order chi connectivity index (χ0) is 19.4. The lowest BCUT2D eigenvalue weighted by atomic mass is 10.1. The summed E-state index contributed by atoms with van der Waals surface area (Å²) in [5, 5.41) is 25.9. The molecule has 3 rings (SSSR count). The number of amides is 1. The number of carbonyl (C=O) groups excluding carboxylic acids is 1. The Morgan fingerprint density at radius 3 is 2.70 bits per heavy atom. The van der Waals surface area contributed by atoms with Crippen molar-refractivity contribution in [3.63, 3.8) is 0 Å². The number of pyridine rings is 2. The highest BCUT2D eigenvalue weighted by Gasteiger charge is 2.20. The van der Waals surface area contributed by atoms with Gasteiger partial charge in [0.05, 0.1) is 6.61 Å². The number of nitrogens with one attached hydrogen (secondary N) is 2. The molecule has 0 bridgehead atoms. The highest BCUT2D eigenvalue weighted by Crippen LogP contribution is 2.30. The summed E-state index contributed by atoms with van der Waals surface area (Å²) >= 11 is 0. The van der Waals surface area contributed by atoms with E-state index in [4.69, 9.17) is 0 Å². The Hall–Kier alpha value is -3.26. The molecule has 0 aliphatic heterocycles. The number of aliphatic hydroxyl groups excluding tert-OH is 1. The topological polar surface area (TPSA) is 107 Å². The molecule has 4 N–H and O–H groups in total. The average molecular weight is 370 g/mol. The summed E-state index contributed by atoms with van der Waals surface area (Å²) in [7, 11) is 0. The van der Waals surface area contributed by atoms with Gasteiger partial charge in [-0.15, -0.1) is 0 Å². The van der Waals surface area contributed by atoms with E-state index in [-0.39, 0.29) is 42.0 Å². The van der Waals surface area contributed by atoms with Gasteiger partial charge in [-0.05, 0) is 36.8 Å². The van der Waals surface area contributed by atoms with Crippen molar-refractivity contribution in [2.45, 2.75) is 19.5 Å². The summed E-state index contributed by atoms with van der Waals surface area (Å²) in [5.41, 5.74) is 0.749. The van der Waals surface area contributed by atoms with Crippen molar-refractivity contribution in [2.75, 3.05) is 11.9 Å². The van der Waals surface area contributed by atoms with Crippen molar-refractivity contribution in [2.24, 2.45) is 0 Å². The third-order valence-corrected chi connectivity index (χ3v) is 3.97. The zero-order valence-corrected chi connectivity index (χ0v) is 14.6. The Morgan fingerprint density at radius 2 is 2.00 bits per heavy atom. The fourth-order valence-corrected chi connectivity index (χ4v) is 2.54. The fourth-order valence-electron chi connectivity index (χ4n) is 2.54. The summed E-state index contributed by atoms with van der Waals surface area (Å²) in [6, 6.07) is 8.81. The van der Waals surface area contributed by atoms with Crippen LogP contribution < -0.4 is 10.6 Å². The minimum absolute atomic E-state index is 0.129. The van der Waals surface area contributed by atoms with Crippen LogP contribution in [-0.2, 0) is 6.54 Å². The fraction of sp³-hybridized carbons (Fsp3) is 0.211. The number of nitrogens with zero attached hydrogens (tertiary/aromatic N) is 2. The van der Waals surface area contributed by atoms with Crippen LogP contribution in [0.1, 0.15) is 23.0 Å². The Balaban J connectivity index is 1.91. The van der Waals surface area contributed by atoms with E-state index in [0.717, 1.165) is 0 Å². The Kier molecular flexibility index (Phi) is 5.46. The average Bonchev–Trinajstić information content (AvgIpc) is 2.69. The smallest absolute Gasteiger partial charge is 0.274 e. The molecule has 1 amide bonds. The number of halogens is 1. The lowest BCUT2D eigenvalue weighted by Crippen LogP contribution is -2.25. The van der Waals surface area contributed by atoms with Gasteiger partial charge in [-0.3, -0.25) is 9.78 Å². The van der Waals surface area contributed by atoms with E-state index < -0.39 is 5.91 Å². The van der Waals surface area contributed by atoms with Crippen LogP contribution >= 0.6 is 0 Å². The van der Waals surface area contributed by atoms with Crippen LogP contribution in [0.5, 0.6) is 5.75 Å². The summed E-state index contributed by atoms with van der Waals surface area (Å²) in [6.45, 7) is 1.78. The van der Waals surface area contributed by atoms with Crippen LogP contribution in [-0.4, -0.2) is 38.7 Å². The molecule has 0 saturated heterocycles. The highest BCUT2D eigenvalue weighted by molar-refractivity contribution is 6.03. The van der Waals surface area contributed by atoms with E-state index in [1.54, 1.807) is 31.2 Å². The molecule has 27 heavy (non-hydrogen) atoms. The Bertz CT molecular complexity index is 963. The lowest BCUT2D eigenvalue weighted by Gasteiger charge is -2.16. The molecule has 7 nitrogen and oxygen atoms in total. The van der Waals surface area contributed by atoms with Gasteiger partial charge in [-0.1, -0.05) is 12.1 Å². The molecule has 0 spiro atoms. The first-order valence-electron chi connectivity index (χ1n) is 8.37. The predicted octanol–water partition coefficient (Wildman–Crippen LogP) is 2.20. The molecular formula is C19H19FN4O3. The maximum atomic E-state index is 13.0. The van der Waals surface area contributed by atoms with Gasteiger partial charge in [0.2, 0.25) is 0 Å². The number of rotatable bonds is 6. The SMILES string of the molecule is C[C@H](CO)Nc1nc(C(=O)NCc2ccc(F)cc2)c(O)c2ncccc12.